The first-order valence-electron chi connectivity index (χ1n) is 7.27. The van der Waals surface area contributed by atoms with E-state index < -0.39 is 5.79 Å². The molecule has 1 N–H and O–H groups in total. The summed E-state index contributed by atoms with van der Waals surface area (Å²) in [5.74, 6) is -0.478. The fourth-order valence-electron chi connectivity index (χ4n) is 4.25. The van der Waals surface area contributed by atoms with Gasteiger partial charge >= 0.3 is 0 Å². The fourth-order valence-corrected chi connectivity index (χ4v) is 4.25. The Hall–Kier alpha value is -0.640. The molecule has 3 rings (SSSR count). The highest BCUT2D eigenvalue weighted by Crippen LogP contribution is 2.62. The van der Waals surface area contributed by atoms with Crippen molar-refractivity contribution in [2.45, 2.75) is 45.3 Å². The molecule has 1 spiro atoms. The van der Waals surface area contributed by atoms with Gasteiger partial charge in [0.1, 0.15) is 0 Å². The van der Waals surface area contributed by atoms with Crippen LogP contribution in [0.1, 0.15) is 39.5 Å². The van der Waals surface area contributed by atoms with Crippen molar-refractivity contribution in [2.75, 3.05) is 19.8 Å². The summed E-state index contributed by atoms with van der Waals surface area (Å²) in [6.45, 7) is 10.0. The van der Waals surface area contributed by atoms with Gasteiger partial charge in [-0.05, 0) is 26.2 Å². The van der Waals surface area contributed by atoms with E-state index in [2.05, 4.69) is 26.5 Å². The number of hydrogen-bond donors (Lipinski definition) is 1. The minimum atomic E-state index is -0.478. The summed E-state index contributed by atoms with van der Waals surface area (Å²) in [5.41, 5.74) is 1.94. The molecule has 19 heavy (non-hydrogen) atoms. The molecule has 3 nitrogen and oxygen atoms in total. The lowest BCUT2D eigenvalue weighted by molar-refractivity contribution is -0.237. The lowest BCUT2D eigenvalue weighted by Crippen LogP contribution is -2.56. The summed E-state index contributed by atoms with van der Waals surface area (Å²) in [5, 5.41) is 9.92. The van der Waals surface area contributed by atoms with Crippen molar-refractivity contribution in [3.8, 4) is 0 Å². The van der Waals surface area contributed by atoms with E-state index in [0.29, 0.717) is 13.2 Å². The van der Waals surface area contributed by atoms with Gasteiger partial charge in [0, 0.05) is 17.3 Å². The van der Waals surface area contributed by atoms with Crippen LogP contribution in [0.5, 0.6) is 0 Å². The minimum Gasteiger partial charge on any atom is -0.395 e. The van der Waals surface area contributed by atoms with E-state index in [1.807, 2.05) is 0 Å². The molecule has 3 aliphatic rings. The SMILES string of the molecule is C=C1CC[C@@]2(C)C(=CCCC23OCCO3)[C@@]1(C)CO. The molecule has 0 aromatic heterocycles. The van der Waals surface area contributed by atoms with Crippen LogP contribution in [0.25, 0.3) is 0 Å². The maximum atomic E-state index is 9.92. The van der Waals surface area contributed by atoms with Crippen molar-refractivity contribution in [1.82, 2.24) is 0 Å². The van der Waals surface area contributed by atoms with Crippen LogP contribution in [0, 0.1) is 10.8 Å². The zero-order valence-electron chi connectivity index (χ0n) is 12.0. The summed E-state index contributed by atoms with van der Waals surface area (Å²) < 4.78 is 12.1. The van der Waals surface area contributed by atoms with Crippen molar-refractivity contribution in [3.63, 3.8) is 0 Å². The molecule has 0 unspecified atom stereocenters. The summed E-state index contributed by atoms with van der Waals surface area (Å²) in [6.07, 6.45) is 6.08. The van der Waals surface area contributed by atoms with E-state index in [9.17, 15) is 5.11 Å². The van der Waals surface area contributed by atoms with E-state index in [4.69, 9.17) is 9.47 Å². The Kier molecular flexibility index (Phi) is 2.93. The molecule has 2 fully saturated rings. The Morgan fingerprint density at radius 1 is 1.26 bits per heavy atom. The molecule has 1 aliphatic heterocycles. The molecule has 1 saturated heterocycles. The molecule has 0 amide bonds. The lowest BCUT2D eigenvalue weighted by Gasteiger charge is -2.56. The van der Waals surface area contributed by atoms with Gasteiger partial charge in [-0.1, -0.05) is 30.7 Å². The van der Waals surface area contributed by atoms with Gasteiger partial charge in [-0.3, -0.25) is 0 Å². The van der Waals surface area contributed by atoms with E-state index >= 15 is 0 Å². The van der Waals surface area contributed by atoms with Crippen LogP contribution >= 0.6 is 0 Å². The van der Waals surface area contributed by atoms with Crippen LogP contribution in [0.4, 0.5) is 0 Å². The van der Waals surface area contributed by atoms with Crippen LogP contribution in [0.3, 0.4) is 0 Å². The van der Waals surface area contributed by atoms with Crippen LogP contribution in [0.2, 0.25) is 0 Å². The molecular weight excluding hydrogens is 240 g/mol. The standard InChI is InChI=1S/C16H24O3/c1-12-6-8-15(3)13(14(12,2)11-17)5-4-7-16(15)18-9-10-19-16/h5,17H,1,4,6-11H2,2-3H3/t14-,15-/m0/s1. The smallest absolute Gasteiger partial charge is 0.177 e. The Morgan fingerprint density at radius 3 is 2.58 bits per heavy atom. The van der Waals surface area contributed by atoms with Crippen molar-refractivity contribution in [1.29, 1.82) is 0 Å². The number of aliphatic hydroxyl groups is 1. The second-order valence-corrected chi connectivity index (χ2v) is 6.53. The first-order chi connectivity index (χ1) is 8.98. The second kappa shape index (κ2) is 4.18. The predicted octanol–water partition coefficient (Wildman–Crippen LogP) is 2.80. The van der Waals surface area contributed by atoms with Gasteiger partial charge in [0.15, 0.2) is 5.79 Å². The first-order valence-corrected chi connectivity index (χ1v) is 7.27. The normalized spacial score (nSPS) is 41.2. The fraction of sp³-hybridized carbons (Fsp3) is 0.750. The Bertz CT molecular complexity index is 433. The van der Waals surface area contributed by atoms with Gasteiger partial charge < -0.3 is 14.6 Å². The molecule has 106 valence electrons. The van der Waals surface area contributed by atoms with Crippen LogP contribution in [-0.2, 0) is 9.47 Å². The highest BCUT2D eigenvalue weighted by atomic mass is 16.7. The van der Waals surface area contributed by atoms with E-state index in [1.54, 1.807) is 0 Å². The molecule has 3 heteroatoms. The van der Waals surface area contributed by atoms with Crippen molar-refractivity contribution < 1.29 is 14.6 Å². The van der Waals surface area contributed by atoms with E-state index in [0.717, 1.165) is 31.3 Å². The topological polar surface area (TPSA) is 38.7 Å². The van der Waals surface area contributed by atoms with Gasteiger partial charge in [0.05, 0.1) is 19.8 Å². The van der Waals surface area contributed by atoms with Gasteiger partial charge in [-0.25, -0.2) is 0 Å². The number of aliphatic hydroxyl groups excluding tert-OH is 1. The monoisotopic (exact) mass is 264 g/mol. The number of ether oxygens (including phenoxy) is 2. The molecule has 0 aromatic rings. The molecule has 2 atom stereocenters. The van der Waals surface area contributed by atoms with Gasteiger partial charge in [0.25, 0.3) is 0 Å². The summed E-state index contributed by atoms with van der Waals surface area (Å²) in [4.78, 5) is 0. The third-order valence-electron chi connectivity index (χ3n) is 5.63. The zero-order chi connectivity index (χ0) is 13.7. The van der Waals surface area contributed by atoms with Gasteiger partial charge in [-0.15, -0.1) is 0 Å². The summed E-state index contributed by atoms with van der Waals surface area (Å²) in [6, 6.07) is 0. The highest BCUT2D eigenvalue weighted by Gasteiger charge is 2.61. The molecular formula is C16H24O3. The Labute approximate surface area is 115 Å². The maximum Gasteiger partial charge on any atom is 0.177 e. The molecule has 2 aliphatic carbocycles. The number of fused-ring (bicyclic) bond motifs is 2. The quantitative estimate of drug-likeness (QED) is 0.740. The average Bonchev–Trinajstić information content (AvgIpc) is 2.87. The van der Waals surface area contributed by atoms with Crippen molar-refractivity contribution >= 4 is 0 Å². The molecule has 1 heterocycles. The van der Waals surface area contributed by atoms with E-state index in [1.165, 1.54) is 5.57 Å². The van der Waals surface area contributed by atoms with Gasteiger partial charge in [0.2, 0.25) is 0 Å². The Balaban J connectivity index is 2.09. The predicted molar refractivity (Wildman–Crippen MR) is 73.6 cm³/mol. The average molecular weight is 264 g/mol. The maximum absolute atomic E-state index is 9.92. The largest absolute Gasteiger partial charge is 0.395 e. The van der Waals surface area contributed by atoms with Crippen LogP contribution in [-0.4, -0.2) is 30.7 Å². The molecule has 0 aromatic carbocycles. The molecule has 0 bridgehead atoms. The number of rotatable bonds is 1. The van der Waals surface area contributed by atoms with Crippen LogP contribution < -0.4 is 0 Å². The molecule has 0 radical (unpaired) electrons. The van der Waals surface area contributed by atoms with E-state index in [-0.39, 0.29) is 17.4 Å². The molecule has 1 saturated carbocycles. The van der Waals surface area contributed by atoms with Crippen molar-refractivity contribution in [2.24, 2.45) is 10.8 Å². The summed E-state index contributed by atoms with van der Waals surface area (Å²) >= 11 is 0. The third-order valence-corrected chi connectivity index (χ3v) is 5.63. The Morgan fingerprint density at radius 2 is 1.95 bits per heavy atom. The second-order valence-electron chi connectivity index (χ2n) is 6.53. The van der Waals surface area contributed by atoms with Crippen molar-refractivity contribution in [3.05, 3.63) is 23.8 Å². The third kappa shape index (κ3) is 1.55. The zero-order valence-corrected chi connectivity index (χ0v) is 12.0. The number of allylic oxidation sites excluding steroid dienone is 1. The first kappa shape index (κ1) is 13.3. The lowest BCUT2D eigenvalue weighted by atomic mass is 9.53. The summed E-state index contributed by atoms with van der Waals surface area (Å²) in [7, 11) is 0. The minimum absolute atomic E-state index is 0.114. The van der Waals surface area contributed by atoms with Crippen LogP contribution in [0.15, 0.2) is 23.8 Å². The highest BCUT2D eigenvalue weighted by molar-refractivity contribution is 5.39. The number of hydrogen-bond acceptors (Lipinski definition) is 3. The van der Waals surface area contributed by atoms with Gasteiger partial charge in [-0.2, -0.15) is 0 Å².